The number of halogens is 1. The fraction of sp³-hybridized carbons (Fsp3) is 0.0909. The van der Waals surface area contributed by atoms with Crippen LogP contribution in [0.1, 0.15) is 10.4 Å². The summed E-state index contributed by atoms with van der Waals surface area (Å²) >= 11 is 8.03. The topological polar surface area (TPSA) is 60.5 Å². The Morgan fingerprint density at radius 2 is 1.79 bits per heavy atom. The first-order chi connectivity index (χ1) is 14.1. The van der Waals surface area contributed by atoms with Gasteiger partial charge in [-0.1, -0.05) is 23.7 Å². The maximum Gasteiger partial charge on any atom is 0.255 e. The summed E-state index contributed by atoms with van der Waals surface area (Å²) in [5, 5.41) is 4.16. The molecule has 0 saturated carbocycles. The summed E-state index contributed by atoms with van der Waals surface area (Å²) in [6, 6.07) is 18.4. The van der Waals surface area contributed by atoms with E-state index in [0.29, 0.717) is 27.8 Å². The maximum absolute atomic E-state index is 12.6. The number of methoxy groups -OCH3 is 2. The molecule has 3 aromatic carbocycles. The van der Waals surface area contributed by atoms with E-state index in [0.717, 1.165) is 20.8 Å². The highest BCUT2D eigenvalue weighted by Crippen LogP contribution is 2.34. The predicted octanol–water partition coefficient (Wildman–Crippen LogP) is 5.89. The Labute approximate surface area is 176 Å². The van der Waals surface area contributed by atoms with Crippen LogP contribution in [0, 0.1) is 0 Å². The number of para-hydroxylation sites is 1. The number of hydrogen-bond donors (Lipinski definition) is 1. The minimum absolute atomic E-state index is 0.291. The minimum atomic E-state index is -0.291. The summed E-state index contributed by atoms with van der Waals surface area (Å²) in [5.41, 5.74) is 2.82. The lowest BCUT2D eigenvalue weighted by Crippen LogP contribution is -2.12. The molecular formula is C22H17ClN2O3S. The van der Waals surface area contributed by atoms with Crippen LogP contribution in [0.25, 0.3) is 20.8 Å². The number of rotatable bonds is 5. The van der Waals surface area contributed by atoms with E-state index in [4.69, 9.17) is 21.1 Å². The van der Waals surface area contributed by atoms with Crippen molar-refractivity contribution in [3.8, 4) is 22.1 Å². The van der Waals surface area contributed by atoms with Crippen LogP contribution in [0.5, 0.6) is 11.5 Å². The molecule has 0 spiro atoms. The van der Waals surface area contributed by atoms with Gasteiger partial charge in [0.15, 0.2) is 11.5 Å². The van der Waals surface area contributed by atoms with E-state index in [1.165, 1.54) is 7.11 Å². The first-order valence-electron chi connectivity index (χ1n) is 8.78. The second-order valence-electron chi connectivity index (χ2n) is 6.21. The molecule has 146 valence electrons. The molecule has 0 radical (unpaired) electrons. The van der Waals surface area contributed by atoms with Crippen molar-refractivity contribution in [2.24, 2.45) is 0 Å². The number of carbonyl (C=O) groups is 1. The normalized spacial score (nSPS) is 10.7. The van der Waals surface area contributed by atoms with Crippen molar-refractivity contribution < 1.29 is 14.3 Å². The lowest BCUT2D eigenvalue weighted by molar-refractivity contribution is 0.102. The zero-order valence-corrected chi connectivity index (χ0v) is 17.3. The zero-order chi connectivity index (χ0) is 20.4. The number of fused-ring (bicyclic) bond motifs is 1. The molecule has 7 heteroatoms. The predicted molar refractivity (Wildman–Crippen MR) is 118 cm³/mol. The van der Waals surface area contributed by atoms with Crippen LogP contribution in [0.3, 0.4) is 0 Å². The van der Waals surface area contributed by atoms with E-state index in [-0.39, 0.29) is 5.91 Å². The van der Waals surface area contributed by atoms with Gasteiger partial charge in [0, 0.05) is 11.1 Å². The van der Waals surface area contributed by atoms with Gasteiger partial charge < -0.3 is 14.8 Å². The van der Waals surface area contributed by atoms with Gasteiger partial charge in [0.1, 0.15) is 5.01 Å². The van der Waals surface area contributed by atoms with Gasteiger partial charge in [-0.3, -0.25) is 4.79 Å². The van der Waals surface area contributed by atoms with Gasteiger partial charge in [0.25, 0.3) is 5.91 Å². The monoisotopic (exact) mass is 424 g/mol. The average Bonchev–Trinajstić information content (AvgIpc) is 3.18. The molecular weight excluding hydrogens is 408 g/mol. The van der Waals surface area contributed by atoms with Crippen LogP contribution in [0.15, 0.2) is 60.7 Å². The number of hydrogen-bond acceptors (Lipinski definition) is 5. The third kappa shape index (κ3) is 3.90. The first kappa shape index (κ1) is 19.2. The smallest absolute Gasteiger partial charge is 0.255 e. The highest BCUT2D eigenvalue weighted by molar-refractivity contribution is 7.21. The lowest BCUT2D eigenvalue weighted by Gasteiger charge is -2.11. The zero-order valence-electron chi connectivity index (χ0n) is 15.7. The van der Waals surface area contributed by atoms with E-state index in [1.54, 1.807) is 42.7 Å². The third-order valence-corrected chi connectivity index (χ3v) is 5.80. The fourth-order valence-electron chi connectivity index (χ4n) is 2.92. The highest BCUT2D eigenvalue weighted by Gasteiger charge is 2.14. The van der Waals surface area contributed by atoms with Crippen molar-refractivity contribution in [3.63, 3.8) is 0 Å². The molecule has 1 aromatic heterocycles. The van der Waals surface area contributed by atoms with E-state index in [2.05, 4.69) is 10.3 Å². The largest absolute Gasteiger partial charge is 0.493 e. The Morgan fingerprint density at radius 1 is 1.00 bits per heavy atom. The van der Waals surface area contributed by atoms with Crippen molar-refractivity contribution >= 4 is 44.7 Å². The molecule has 0 atom stereocenters. The van der Waals surface area contributed by atoms with Crippen molar-refractivity contribution in [2.75, 3.05) is 19.5 Å². The van der Waals surface area contributed by atoms with Gasteiger partial charge in [-0.25, -0.2) is 4.98 Å². The molecule has 0 aliphatic rings. The molecule has 4 aromatic rings. The van der Waals surface area contributed by atoms with E-state index in [9.17, 15) is 4.79 Å². The molecule has 0 saturated heterocycles. The van der Waals surface area contributed by atoms with Gasteiger partial charge in [-0.15, -0.1) is 11.3 Å². The Morgan fingerprint density at radius 3 is 2.52 bits per heavy atom. The summed E-state index contributed by atoms with van der Waals surface area (Å²) in [5.74, 6) is 0.750. The summed E-state index contributed by atoms with van der Waals surface area (Å²) in [6.07, 6.45) is 0. The Kier molecular flexibility index (Phi) is 5.38. The van der Waals surface area contributed by atoms with Gasteiger partial charge in [-0.05, 0) is 48.5 Å². The van der Waals surface area contributed by atoms with Gasteiger partial charge >= 0.3 is 0 Å². The van der Waals surface area contributed by atoms with Gasteiger partial charge in [0.2, 0.25) is 0 Å². The second-order valence-corrected chi connectivity index (χ2v) is 7.64. The number of amides is 1. The minimum Gasteiger partial charge on any atom is -0.493 e. The number of nitrogens with zero attached hydrogens (tertiary/aromatic N) is 1. The molecule has 0 aliphatic heterocycles. The highest BCUT2D eigenvalue weighted by atomic mass is 35.5. The van der Waals surface area contributed by atoms with Crippen molar-refractivity contribution in [3.05, 3.63) is 71.2 Å². The van der Waals surface area contributed by atoms with Crippen LogP contribution >= 0.6 is 22.9 Å². The molecule has 0 fully saturated rings. The first-order valence-corrected chi connectivity index (χ1v) is 9.97. The Bertz CT molecular complexity index is 1170. The molecule has 0 bridgehead atoms. The maximum atomic E-state index is 12.6. The molecule has 0 unspecified atom stereocenters. The lowest BCUT2D eigenvalue weighted by atomic mass is 10.1. The third-order valence-electron chi connectivity index (χ3n) is 4.40. The molecule has 1 N–H and O–H groups in total. The Balaban J connectivity index is 1.57. The van der Waals surface area contributed by atoms with E-state index in [1.807, 2.05) is 36.4 Å². The second kappa shape index (κ2) is 8.11. The van der Waals surface area contributed by atoms with Crippen LogP contribution in [0.2, 0.25) is 5.02 Å². The summed E-state index contributed by atoms with van der Waals surface area (Å²) in [6.45, 7) is 0. The standard InChI is InChI=1S/C22H17ClN2O3S/c1-27-18-10-8-13(12-19(18)28-2)21(26)24-16-9-7-14(11-15(16)23)22-25-17-5-3-4-6-20(17)29-22/h3-12H,1-2H3,(H,24,26). The van der Waals surface area contributed by atoms with E-state index >= 15 is 0 Å². The van der Waals surface area contributed by atoms with Crippen LogP contribution < -0.4 is 14.8 Å². The number of ether oxygens (including phenoxy) is 2. The molecule has 4 rings (SSSR count). The number of thiazole rings is 1. The van der Waals surface area contributed by atoms with Crippen LogP contribution in [0.4, 0.5) is 5.69 Å². The number of anilines is 1. The van der Waals surface area contributed by atoms with Gasteiger partial charge in [0.05, 0.1) is 35.1 Å². The molecule has 1 heterocycles. The van der Waals surface area contributed by atoms with Crippen molar-refractivity contribution in [1.82, 2.24) is 4.98 Å². The van der Waals surface area contributed by atoms with Crippen molar-refractivity contribution in [2.45, 2.75) is 0 Å². The van der Waals surface area contributed by atoms with Crippen LogP contribution in [-0.4, -0.2) is 25.1 Å². The number of aromatic nitrogens is 1. The van der Waals surface area contributed by atoms with Crippen molar-refractivity contribution in [1.29, 1.82) is 0 Å². The molecule has 29 heavy (non-hydrogen) atoms. The molecule has 0 aliphatic carbocycles. The molecule has 5 nitrogen and oxygen atoms in total. The number of nitrogens with one attached hydrogen (secondary N) is 1. The SMILES string of the molecule is COc1ccc(C(=O)Nc2ccc(-c3nc4ccccc4s3)cc2Cl)cc1OC. The summed E-state index contributed by atoms with van der Waals surface area (Å²) < 4.78 is 11.6. The van der Waals surface area contributed by atoms with Gasteiger partial charge in [-0.2, -0.15) is 0 Å². The van der Waals surface area contributed by atoms with E-state index < -0.39 is 0 Å². The Hall–Kier alpha value is -3.09. The average molecular weight is 425 g/mol. The molecule has 1 amide bonds. The number of benzene rings is 3. The quantitative estimate of drug-likeness (QED) is 0.434. The fourth-order valence-corrected chi connectivity index (χ4v) is 4.11. The summed E-state index contributed by atoms with van der Waals surface area (Å²) in [7, 11) is 3.07. The summed E-state index contributed by atoms with van der Waals surface area (Å²) in [4.78, 5) is 17.3. The van der Waals surface area contributed by atoms with Crippen LogP contribution in [-0.2, 0) is 0 Å². The number of carbonyl (C=O) groups excluding carboxylic acids is 1.